The van der Waals surface area contributed by atoms with Gasteiger partial charge in [-0.1, -0.05) is 12.1 Å². The van der Waals surface area contributed by atoms with Crippen LogP contribution >= 0.6 is 0 Å². The molecular weight excluding hydrogens is 354 g/mol. The molecular formula is C22H23N3O3. The van der Waals surface area contributed by atoms with Crippen LogP contribution < -0.4 is 14.8 Å². The molecule has 2 aromatic carbocycles. The highest BCUT2D eigenvalue weighted by atomic mass is 16.5. The molecule has 3 aromatic rings. The van der Waals surface area contributed by atoms with Gasteiger partial charge in [0.05, 0.1) is 7.11 Å². The van der Waals surface area contributed by atoms with Crippen LogP contribution in [0.1, 0.15) is 31.1 Å². The van der Waals surface area contributed by atoms with Gasteiger partial charge >= 0.3 is 6.01 Å². The number of carbonyl (C=O) groups excluding carboxylic acids is 1. The number of aromatic nitrogens is 2. The second-order valence-electron chi connectivity index (χ2n) is 7.31. The molecule has 1 amide bonds. The summed E-state index contributed by atoms with van der Waals surface area (Å²) in [6, 6.07) is 14.8. The van der Waals surface area contributed by atoms with E-state index in [0.29, 0.717) is 11.3 Å². The highest BCUT2D eigenvalue weighted by Crippen LogP contribution is 2.23. The third-order valence-corrected chi connectivity index (χ3v) is 3.87. The van der Waals surface area contributed by atoms with Crippen molar-refractivity contribution < 1.29 is 14.3 Å². The first kappa shape index (κ1) is 19.4. The van der Waals surface area contributed by atoms with Crippen molar-refractivity contribution >= 4 is 5.91 Å². The van der Waals surface area contributed by atoms with Crippen molar-refractivity contribution in [2.45, 2.75) is 26.3 Å². The summed E-state index contributed by atoms with van der Waals surface area (Å²) in [6.07, 6.45) is 3.38. The van der Waals surface area contributed by atoms with Crippen molar-refractivity contribution in [1.29, 1.82) is 0 Å². The van der Waals surface area contributed by atoms with Gasteiger partial charge in [0, 0.05) is 29.1 Å². The standard InChI is InChI=1S/C22H23N3O3/c1-22(2,3)25-20(26)16-7-5-15(6-8-16)17-13-23-21(24-14-17)28-19-11-9-18(27-4)10-12-19/h5-14H,1-4H3,(H,25,26). The van der Waals surface area contributed by atoms with Gasteiger partial charge in [0.15, 0.2) is 0 Å². The minimum Gasteiger partial charge on any atom is -0.497 e. The highest BCUT2D eigenvalue weighted by Gasteiger charge is 2.15. The summed E-state index contributed by atoms with van der Waals surface area (Å²) >= 11 is 0. The minimum atomic E-state index is -0.274. The van der Waals surface area contributed by atoms with E-state index in [4.69, 9.17) is 9.47 Å². The van der Waals surface area contributed by atoms with Crippen LogP contribution in [-0.4, -0.2) is 28.5 Å². The van der Waals surface area contributed by atoms with E-state index < -0.39 is 0 Å². The molecule has 0 aliphatic rings. The van der Waals surface area contributed by atoms with Crippen LogP contribution in [0.25, 0.3) is 11.1 Å². The monoisotopic (exact) mass is 377 g/mol. The molecule has 6 nitrogen and oxygen atoms in total. The third-order valence-electron chi connectivity index (χ3n) is 3.87. The summed E-state index contributed by atoms with van der Waals surface area (Å²) in [5.41, 5.74) is 2.09. The molecule has 0 atom stereocenters. The SMILES string of the molecule is COc1ccc(Oc2ncc(-c3ccc(C(=O)NC(C)(C)C)cc3)cn2)cc1. The molecule has 0 fully saturated rings. The first-order valence-electron chi connectivity index (χ1n) is 8.91. The molecule has 144 valence electrons. The maximum absolute atomic E-state index is 12.2. The number of benzene rings is 2. The van der Waals surface area contributed by atoms with Crippen LogP contribution in [0.15, 0.2) is 60.9 Å². The zero-order valence-corrected chi connectivity index (χ0v) is 16.4. The zero-order chi connectivity index (χ0) is 20.1. The van der Waals surface area contributed by atoms with Crippen LogP contribution in [0.4, 0.5) is 0 Å². The molecule has 0 spiro atoms. The topological polar surface area (TPSA) is 73.3 Å². The summed E-state index contributed by atoms with van der Waals surface area (Å²) in [4.78, 5) is 20.7. The average Bonchev–Trinajstić information content (AvgIpc) is 2.68. The van der Waals surface area contributed by atoms with Crippen LogP contribution in [-0.2, 0) is 0 Å². The summed E-state index contributed by atoms with van der Waals surface area (Å²) in [5, 5.41) is 2.94. The molecule has 28 heavy (non-hydrogen) atoms. The van der Waals surface area contributed by atoms with E-state index in [-0.39, 0.29) is 17.5 Å². The van der Waals surface area contributed by atoms with E-state index in [9.17, 15) is 4.79 Å². The fourth-order valence-electron chi connectivity index (χ4n) is 2.49. The van der Waals surface area contributed by atoms with Gasteiger partial charge in [0.1, 0.15) is 11.5 Å². The van der Waals surface area contributed by atoms with E-state index in [1.807, 2.05) is 32.9 Å². The summed E-state index contributed by atoms with van der Waals surface area (Å²) in [6.45, 7) is 5.85. The first-order chi connectivity index (χ1) is 13.3. The Morgan fingerprint density at radius 1 is 0.857 bits per heavy atom. The smallest absolute Gasteiger partial charge is 0.321 e. The van der Waals surface area contributed by atoms with Crippen LogP contribution in [0.5, 0.6) is 17.5 Å². The van der Waals surface area contributed by atoms with E-state index in [2.05, 4.69) is 15.3 Å². The van der Waals surface area contributed by atoms with Crippen molar-refractivity contribution in [3.05, 3.63) is 66.5 Å². The number of methoxy groups -OCH3 is 1. The number of hydrogen-bond donors (Lipinski definition) is 1. The van der Waals surface area contributed by atoms with Gasteiger partial charge < -0.3 is 14.8 Å². The number of nitrogens with zero attached hydrogens (tertiary/aromatic N) is 2. The van der Waals surface area contributed by atoms with Gasteiger partial charge in [0.25, 0.3) is 5.91 Å². The predicted octanol–water partition coefficient (Wildman–Crippen LogP) is 4.47. The van der Waals surface area contributed by atoms with Gasteiger partial charge in [-0.25, -0.2) is 9.97 Å². The summed E-state index contributed by atoms with van der Waals surface area (Å²) in [5.74, 6) is 1.28. The summed E-state index contributed by atoms with van der Waals surface area (Å²) in [7, 11) is 1.61. The fourth-order valence-corrected chi connectivity index (χ4v) is 2.49. The van der Waals surface area contributed by atoms with Gasteiger partial charge in [-0.15, -0.1) is 0 Å². The van der Waals surface area contributed by atoms with Crippen molar-refractivity contribution in [3.8, 4) is 28.6 Å². The molecule has 0 aliphatic carbocycles. The van der Waals surface area contributed by atoms with Crippen molar-refractivity contribution in [2.75, 3.05) is 7.11 Å². The number of nitrogens with one attached hydrogen (secondary N) is 1. The lowest BCUT2D eigenvalue weighted by Crippen LogP contribution is -2.40. The van der Waals surface area contributed by atoms with Crippen LogP contribution in [0.3, 0.4) is 0 Å². The van der Waals surface area contributed by atoms with Gasteiger partial charge in [-0.3, -0.25) is 4.79 Å². The zero-order valence-electron chi connectivity index (χ0n) is 16.4. The molecule has 6 heteroatoms. The first-order valence-corrected chi connectivity index (χ1v) is 8.91. The van der Waals surface area contributed by atoms with Gasteiger partial charge in [-0.05, 0) is 62.7 Å². The van der Waals surface area contributed by atoms with E-state index in [1.54, 1.807) is 55.9 Å². The van der Waals surface area contributed by atoms with Crippen molar-refractivity contribution in [1.82, 2.24) is 15.3 Å². The molecule has 0 aliphatic heterocycles. The highest BCUT2D eigenvalue weighted by molar-refractivity contribution is 5.95. The second kappa shape index (κ2) is 8.08. The largest absolute Gasteiger partial charge is 0.497 e. The average molecular weight is 377 g/mol. The molecule has 1 heterocycles. The van der Waals surface area contributed by atoms with E-state index in [1.165, 1.54) is 0 Å². The van der Waals surface area contributed by atoms with E-state index >= 15 is 0 Å². The second-order valence-corrected chi connectivity index (χ2v) is 7.31. The Morgan fingerprint density at radius 2 is 1.43 bits per heavy atom. The molecule has 0 saturated carbocycles. The maximum atomic E-state index is 12.2. The summed E-state index contributed by atoms with van der Waals surface area (Å²) < 4.78 is 10.8. The van der Waals surface area contributed by atoms with Crippen LogP contribution in [0, 0.1) is 0 Å². The Balaban J connectivity index is 1.68. The molecule has 1 aromatic heterocycles. The van der Waals surface area contributed by atoms with Gasteiger partial charge in [-0.2, -0.15) is 0 Å². The van der Waals surface area contributed by atoms with Crippen molar-refractivity contribution in [2.24, 2.45) is 0 Å². The maximum Gasteiger partial charge on any atom is 0.321 e. The molecule has 0 radical (unpaired) electrons. The van der Waals surface area contributed by atoms with E-state index in [0.717, 1.165) is 16.9 Å². The van der Waals surface area contributed by atoms with Crippen LogP contribution in [0.2, 0.25) is 0 Å². The normalized spacial score (nSPS) is 11.0. The fraction of sp³-hybridized carbons (Fsp3) is 0.227. The number of hydrogen-bond acceptors (Lipinski definition) is 5. The van der Waals surface area contributed by atoms with Gasteiger partial charge in [0.2, 0.25) is 0 Å². The molecule has 0 bridgehead atoms. The lowest BCUT2D eigenvalue weighted by Gasteiger charge is -2.20. The lowest BCUT2D eigenvalue weighted by molar-refractivity contribution is 0.0919. The molecule has 0 saturated heterocycles. The Labute approximate surface area is 164 Å². The third kappa shape index (κ3) is 5.07. The number of carbonyl (C=O) groups is 1. The van der Waals surface area contributed by atoms with Crippen molar-refractivity contribution in [3.63, 3.8) is 0 Å². The Morgan fingerprint density at radius 3 is 1.96 bits per heavy atom. The molecule has 1 N–H and O–H groups in total. The number of ether oxygens (including phenoxy) is 2. The minimum absolute atomic E-state index is 0.0986. The molecule has 0 unspecified atom stereocenters. The Bertz CT molecular complexity index is 929. The number of amides is 1. The molecule has 3 rings (SSSR count). The Hall–Kier alpha value is -3.41. The number of rotatable bonds is 5. The lowest BCUT2D eigenvalue weighted by atomic mass is 10.0. The predicted molar refractivity (Wildman–Crippen MR) is 108 cm³/mol. The Kier molecular flexibility index (Phi) is 5.59. The quantitative estimate of drug-likeness (QED) is 0.710.